The van der Waals surface area contributed by atoms with Gasteiger partial charge in [-0.2, -0.15) is 0 Å². The van der Waals surface area contributed by atoms with E-state index in [-0.39, 0.29) is 11.9 Å². The van der Waals surface area contributed by atoms with Crippen LogP contribution in [0.4, 0.5) is 0 Å². The molecule has 0 radical (unpaired) electrons. The fourth-order valence-electron chi connectivity index (χ4n) is 2.58. The predicted molar refractivity (Wildman–Crippen MR) is 96.3 cm³/mol. The van der Waals surface area contributed by atoms with Gasteiger partial charge >= 0.3 is 0 Å². The summed E-state index contributed by atoms with van der Waals surface area (Å²) in [7, 11) is 0. The standard InChI is InChI=1S/C18H25N3OS/c1-5-14-8-7-9-15(6-2)17(14)21-11-10-19-18(21)23-12-16(22)20-13(3)4/h7-11,13H,5-6,12H2,1-4H3,(H,20,22). The van der Waals surface area contributed by atoms with Gasteiger partial charge in [-0.3, -0.25) is 9.36 Å². The molecule has 1 amide bonds. The van der Waals surface area contributed by atoms with Crippen molar-refractivity contribution in [3.05, 3.63) is 41.7 Å². The minimum atomic E-state index is 0.0408. The van der Waals surface area contributed by atoms with Gasteiger partial charge < -0.3 is 5.32 Å². The number of imidazole rings is 1. The van der Waals surface area contributed by atoms with Crippen LogP contribution in [0.3, 0.4) is 0 Å². The van der Waals surface area contributed by atoms with Gasteiger partial charge in [-0.05, 0) is 37.8 Å². The van der Waals surface area contributed by atoms with Gasteiger partial charge in [0.1, 0.15) is 0 Å². The molecular formula is C18H25N3OS. The molecule has 0 saturated carbocycles. The number of hydrogen-bond donors (Lipinski definition) is 1. The summed E-state index contributed by atoms with van der Waals surface area (Å²) in [5.41, 5.74) is 3.81. The van der Waals surface area contributed by atoms with Crippen LogP contribution in [0, 0.1) is 0 Å². The van der Waals surface area contributed by atoms with Gasteiger partial charge in [0.2, 0.25) is 5.91 Å². The Morgan fingerprint density at radius 3 is 2.48 bits per heavy atom. The monoisotopic (exact) mass is 331 g/mol. The molecule has 1 aromatic heterocycles. The van der Waals surface area contributed by atoms with Crippen LogP contribution in [-0.2, 0) is 17.6 Å². The molecule has 5 heteroatoms. The summed E-state index contributed by atoms with van der Waals surface area (Å²) in [5.74, 6) is 0.421. The average molecular weight is 331 g/mol. The maximum Gasteiger partial charge on any atom is 0.230 e. The minimum absolute atomic E-state index is 0.0408. The van der Waals surface area contributed by atoms with Crippen molar-refractivity contribution in [2.75, 3.05) is 5.75 Å². The highest BCUT2D eigenvalue weighted by Gasteiger charge is 2.14. The van der Waals surface area contributed by atoms with Crippen molar-refractivity contribution >= 4 is 17.7 Å². The Kier molecular flexibility index (Phi) is 6.28. The first-order valence-electron chi connectivity index (χ1n) is 8.13. The second kappa shape index (κ2) is 8.20. The zero-order valence-corrected chi connectivity index (χ0v) is 15.1. The summed E-state index contributed by atoms with van der Waals surface area (Å²) >= 11 is 1.48. The number of aryl methyl sites for hydroxylation is 2. The van der Waals surface area contributed by atoms with Crippen molar-refractivity contribution in [2.45, 2.75) is 51.7 Å². The molecule has 0 aliphatic rings. The Labute approximate surface area is 142 Å². The Balaban J connectivity index is 2.26. The highest BCUT2D eigenvalue weighted by atomic mass is 32.2. The van der Waals surface area contributed by atoms with Crippen molar-refractivity contribution in [1.29, 1.82) is 0 Å². The van der Waals surface area contributed by atoms with E-state index in [0.29, 0.717) is 5.75 Å². The minimum Gasteiger partial charge on any atom is -0.353 e. The number of nitrogens with one attached hydrogen (secondary N) is 1. The first-order chi connectivity index (χ1) is 11.1. The Hall–Kier alpha value is -1.75. The Bertz CT molecular complexity index is 642. The molecule has 0 spiro atoms. The summed E-state index contributed by atoms with van der Waals surface area (Å²) in [4.78, 5) is 16.3. The number of hydrogen-bond acceptors (Lipinski definition) is 3. The number of carbonyl (C=O) groups is 1. The SMILES string of the molecule is CCc1cccc(CC)c1-n1ccnc1SCC(=O)NC(C)C. The Morgan fingerprint density at radius 2 is 1.91 bits per heavy atom. The quantitative estimate of drug-likeness (QED) is 0.788. The molecule has 124 valence electrons. The highest BCUT2D eigenvalue weighted by Crippen LogP contribution is 2.26. The lowest BCUT2D eigenvalue weighted by Crippen LogP contribution is -2.31. The molecular weight excluding hydrogens is 306 g/mol. The van der Waals surface area contributed by atoms with Crippen LogP contribution in [0.15, 0.2) is 35.7 Å². The van der Waals surface area contributed by atoms with Crippen LogP contribution in [0.1, 0.15) is 38.8 Å². The summed E-state index contributed by atoms with van der Waals surface area (Å²) in [6.07, 6.45) is 5.73. The molecule has 0 atom stereocenters. The third-order valence-electron chi connectivity index (χ3n) is 3.59. The second-order valence-electron chi connectivity index (χ2n) is 5.72. The van der Waals surface area contributed by atoms with Gasteiger partial charge in [0, 0.05) is 18.4 Å². The number of rotatable bonds is 7. The number of aromatic nitrogens is 2. The second-order valence-corrected chi connectivity index (χ2v) is 6.67. The molecule has 0 aliphatic heterocycles. The summed E-state index contributed by atoms with van der Waals surface area (Å²) in [5, 5.41) is 3.77. The van der Waals surface area contributed by atoms with E-state index in [9.17, 15) is 4.79 Å². The number of para-hydroxylation sites is 1. The van der Waals surface area contributed by atoms with E-state index in [2.05, 4.69) is 46.9 Å². The maximum absolute atomic E-state index is 11.9. The number of benzene rings is 1. The molecule has 0 unspecified atom stereocenters. The topological polar surface area (TPSA) is 46.9 Å². The van der Waals surface area contributed by atoms with Crippen LogP contribution in [0.2, 0.25) is 0 Å². The van der Waals surface area contributed by atoms with Crippen molar-refractivity contribution in [3.63, 3.8) is 0 Å². The van der Waals surface area contributed by atoms with E-state index in [1.165, 1.54) is 28.6 Å². The van der Waals surface area contributed by atoms with Crippen LogP contribution in [0.5, 0.6) is 0 Å². The molecule has 0 bridgehead atoms. The van der Waals surface area contributed by atoms with E-state index in [0.717, 1.165) is 18.0 Å². The molecule has 2 aromatic rings. The maximum atomic E-state index is 11.9. The van der Waals surface area contributed by atoms with Crippen LogP contribution >= 0.6 is 11.8 Å². The molecule has 0 fully saturated rings. The van der Waals surface area contributed by atoms with E-state index in [1.807, 2.05) is 20.0 Å². The summed E-state index contributed by atoms with van der Waals surface area (Å²) in [6.45, 7) is 8.26. The number of carbonyl (C=O) groups excluding carboxylic acids is 1. The third kappa shape index (κ3) is 4.38. The normalized spacial score (nSPS) is 11.0. The predicted octanol–water partition coefficient (Wildman–Crippen LogP) is 3.61. The van der Waals surface area contributed by atoms with Crippen LogP contribution in [0.25, 0.3) is 5.69 Å². The highest BCUT2D eigenvalue weighted by molar-refractivity contribution is 7.99. The molecule has 0 saturated heterocycles. The first kappa shape index (κ1) is 17.6. The van der Waals surface area contributed by atoms with Crippen molar-refractivity contribution in [2.24, 2.45) is 0 Å². The first-order valence-corrected chi connectivity index (χ1v) is 9.12. The van der Waals surface area contributed by atoms with Gasteiger partial charge in [-0.15, -0.1) is 0 Å². The number of amides is 1. The zero-order valence-electron chi connectivity index (χ0n) is 14.3. The van der Waals surface area contributed by atoms with E-state index < -0.39 is 0 Å². The number of nitrogens with zero attached hydrogens (tertiary/aromatic N) is 2. The van der Waals surface area contributed by atoms with Gasteiger partial charge in [0.15, 0.2) is 5.16 Å². The molecule has 1 aromatic carbocycles. The Morgan fingerprint density at radius 1 is 1.26 bits per heavy atom. The molecule has 4 nitrogen and oxygen atoms in total. The fraction of sp³-hybridized carbons (Fsp3) is 0.444. The van der Waals surface area contributed by atoms with Crippen molar-refractivity contribution in [1.82, 2.24) is 14.9 Å². The smallest absolute Gasteiger partial charge is 0.230 e. The molecule has 23 heavy (non-hydrogen) atoms. The fourth-order valence-corrected chi connectivity index (χ4v) is 3.36. The van der Waals surface area contributed by atoms with Gasteiger partial charge in [-0.1, -0.05) is 43.8 Å². The van der Waals surface area contributed by atoms with Crippen molar-refractivity contribution in [3.8, 4) is 5.69 Å². The lowest BCUT2D eigenvalue weighted by molar-refractivity contribution is -0.119. The van der Waals surface area contributed by atoms with E-state index in [4.69, 9.17) is 0 Å². The van der Waals surface area contributed by atoms with Gasteiger partial charge in [0.25, 0.3) is 0 Å². The van der Waals surface area contributed by atoms with E-state index in [1.54, 1.807) is 6.20 Å². The number of thioether (sulfide) groups is 1. The van der Waals surface area contributed by atoms with Crippen LogP contribution in [-0.4, -0.2) is 27.3 Å². The molecule has 1 N–H and O–H groups in total. The van der Waals surface area contributed by atoms with Crippen LogP contribution < -0.4 is 5.32 Å². The lowest BCUT2D eigenvalue weighted by atomic mass is 10.0. The van der Waals surface area contributed by atoms with E-state index >= 15 is 0 Å². The lowest BCUT2D eigenvalue weighted by Gasteiger charge is -2.16. The zero-order chi connectivity index (χ0) is 16.8. The molecule has 1 heterocycles. The van der Waals surface area contributed by atoms with Gasteiger partial charge in [0.05, 0.1) is 11.4 Å². The summed E-state index contributed by atoms with van der Waals surface area (Å²) < 4.78 is 2.12. The van der Waals surface area contributed by atoms with Crippen molar-refractivity contribution < 1.29 is 4.79 Å². The molecule has 2 rings (SSSR count). The third-order valence-corrected chi connectivity index (χ3v) is 4.56. The largest absolute Gasteiger partial charge is 0.353 e. The summed E-state index contributed by atoms with van der Waals surface area (Å²) in [6, 6.07) is 6.60. The van der Waals surface area contributed by atoms with Gasteiger partial charge in [-0.25, -0.2) is 4.98 Å². The average Bonchev–Trinajstić information content (AvgIpc) is 2.99. The molecule has 0 aliphatic carbocycles.